The number of likely N-dealkylation sites (tertiary alicyclic amines) is 2. The number of aromatic nitrogens is 1. The van der Waals surface area contributed by atoms with Crippen molar-refractivity contribution in [3.8, 4) is 0 Å². The van der Waals surface area contributed by atoms with Gasteiger partial charge in [-0.2, -0.15) is 0 Å². The maximum Gasteiger partial charge on any atom is 0.246 e. The van der Waals surface area contributed by atoms with Gasteiger partial charge in [0, 0.05) is 38.3 Å². The molecule has 3 heterocycles. The minimum absolute atomic E-state index is 0.0368. The molecular weight excluding hydrogens is 332 g/mol. The quantitative estimate of drug-likeness (QED) is 0.822. The third kappa shape index (κ3) is 3.76. The molecule has 0 saturated carbocycles. The zero-order valence-corrected chi connectivity index (χ0v) is 15.0. The van der Waals surface area contributed by atoms with E-state index in [1.807, 2.05) is 24.0 Å². The summed E-state index contributed by atoms with van der Waals surface area (Å²) in [5.74, 6) is 0.274. The van der Waals surface area contributed by atoms with Crippen LogP contribution in [0.5, 0.6) is 0 Å². The van der Waals surface area contributed by atoms with Gasteiger partial charge in [0.25, 0.3) is 0 Å². The highest BCUT2D eigenvalue weighted by Gasteiger charge is 2.38. The summed E-state index contributed by atoms with van der Waals surface area (Å²) in [7, 11) is 0. The number of pyridine rings is 1. The van der Waals surface area contributed by atoms with Crippen LogP contribution in [0.25, 0.3) is 0 Å². The number of rotatable bonds is 4. The van der Waals surface area contributed by atoms with Crippen LogP contribution in [0.2, 0.25) is 0 Å². The average Bonchev–Trinajstić information content (AvgIpc) is 2.62. The number of hydrogen-bond donors (Lipinski definition) is 1. The molecule has 3 rings (SSSR count). The predicted octanol–water partition coefficient (Wildman–Crippen LogP) is 1.21. The second-order valence-corrected chi connectivity index (χ2v) is 6.90. The first kappa shape index (κ1) is 18.1. The summed E-state index contributed by atoms with van der Waals surface area (Å²) in [6.45, 7) is 7.43. The van der Waals surface area contributed by atoms with Gasteiger partial charge in [-0.3, -0.25) is 14.4 Å². The van der Waals surface area contributed by atoms with Crippen molar-refractivity contribution in [3.05, 3.63) is 36.5 Å². The molecule has 0 radical (unpaired) electrons. The Hall–Kier alpha value is -2.70. The number of nitrogens with zero attached hydrogens (tertiary/aromatic N) is 3. The summed E-state index contributed by atoms with van der Waals surface area (Å²) >= 11 is 0. The molecule has 0 spiro atoms. The molecular formula is C19H24N4O3. The third-order valence-corrected chi connectivity index (χ3v) is 5.15. The van der Waals surface area contributed by atoms with E-state index >= 15 is 0 Å². The monoisotopic (exact) mass is 356 g/mol. The van der Waals surface area contributed by atoms with Gasteiger partial charge in [-0.05, 0) is 37.5 Å². The Morgan fingerprint density at radius 3 is 2.50 bits per heavy atom. The Kier molecular flexibility index (Phi) is 5.35. The Morgan fingerprint density at radius 2 is 1.88 bits per heavy atom. The molecule has 0 unspecified atom stereocenters. The van der Waals surface area contributed by atoms with Gasteiger partial charge in [0.1, 0.15) is 5.82 Å². The molecule has 26 heavy (non-hydrogen) atoms. The van der Waals surface area contributed by atoms with Crippen LogP contribution in [0, 0.1) is 18.8 Å². The maximum absolute atomic E-state index is 12.5. The molecule has 1 N–H and O–H groups in total. The summed E-state index contributed by atoms with van der Waals surface area (Å²) in [6, 6.07) is 3.74. The van der Waals surface area contributed by atoms with Gasteiger partial charge in [-0.1, -0.05) is 12.6 Å². The van der Waals surface area contributed by atoms with Crippen molar-refractivity contribution < 1.29 is 14.4 Å². The molecule has 2 saturated heterocycles. The Bertz CT molecular complexity index is 719. The molecule has 2 aliphatic rings. The molecule has 1 aromatic heterocycles. The van der Waals surface area contributed by atoms with E-state index in [1.54, 1.807) is 11.1 Å². The first-order valence-electron chi connectivity index (χ1n) is 8.92. The number of anilines is 1. The van der Waals surface area contributed by atoms with Crippen LogP contribution in [0.4, 0.5) is 5.82 Å². The highest BCUT2D eigenvalue weighted by Crippen LogP contribution is 2.24. The minimum atomic E-state index is -0.130. The Labute approximate surface area is 153 Å². The smallest absolute Gasteiger partial charge is 0.246 e. The molecule has 7 nitrogen and oxygen atoms in total. The van der Waals surface area contributed by atoms with E-state index < -0.39 is 0 Å². The third-order valence-electron chi connectivity index (χ3n) is 5.15. The lowest BCUT2D eigenvalue weighted by Gasteiger charge is -2.41. The highest BCUT2D eigenvalue weighted by molar-refractivity contribution is 5.93. The van der Waals surface area contributed by atoms with Gasteiger partial charge in [0.15, 0.2) is 0 Å². The van der Waals surface area contributed by atoms with Crippen molar-refractivity contribution in [1.29, 1.82) is 0 Å². The average molecular weight is 356 g/mol. The number of carbonyl (C=O) groups excluding carboxylic acids is 3. The van der Waals surface area contributed by atoms with E-state index in [-0.39, 0.29) is 29.6 Å². The predicted molar refractivity (Wildman–Crippen MR) is 97.2 cm³/mol. The first-order chi connectivity index (χ1) is 12.5. The van der Waals surface area contributed by atoms with Gasteiger partial charge in [0.05, 0.1) is 5.92 Å². The van der Waals surface area contributed by atoms with Crippen molar-refractivity contribution in [3.63, 3.8) is 0 Å². The summed E-state index contributed by atoms with van der Waals surface area (Å²) in [4.78, 5) is 44.0. The standard InChI is InChI=1S/C19H24N4O3/c1-3-16(24)23-11-15(12-23)19(26)22-9-6-14(7-10-22)18(25)21-17-13(2)5-4-8-20-17/h3-5,8,14-15H,1,6-7,9-12H2,2H3,(H,20,21,25). The molecule has 0 bridgehead atoms. The van der Waals surface area contributed by atoms with Gasteiger partial charge in [0.2, 0.25) is 17.7 Å². The van der Waals surface area contributed by atoms with E-state index in [1.165, 1.54) is 6.08 Å². The van der Waals surface area contributed by atoms with Crippen LogP contribution in [0.15, 0.2) is 31.0 Å². The number of hydrogen-bond acceptors (Lipinski definition) is 4. The number of nitrogens with one attached hydrogen (secondary N) is 1. The van der Waals surface area contributed by atoms with Crippen LogP contribution in [0.1, 0.15) is 18.4 Å². The Morgan fingerprint density at radius 1 is 1.19 bits per heavy atom. The number of amides is 3. The molecule has 0 aliphatic carbocycles. The van der Waals surface area contributed by atoms with Crippen LogP contribution in [-0.2, 0) is 14.4 Å². The largest absolute Gasteiger partial charge is 0.342 e. The SMILES string of the molecule is C=CC(=O)N1CC(C(=O)N2CCC(C(=O)Nc3ncccc3C)CC2)C1. The van der Waals surface area contributed by atoms with Crippen molar-refractivity contribution in [2.75, 3.05) is 31.5 Å². The van der Waals surface area contributed by atoms with Gasteiger partial charge in [-0.15, -0.1) is 0 Å². The van der Waals surface area contributed by atoms with Gasteiger partial charge >= 0.3 is 0 Å². The van der Waals surface area contributed by atoms with Crippen LogP contribution in [-0.4, -0.2) is 58.7 Å². The van der Waals surface area contributed by atoms with Crippen molar-refractivity contribution in [2.24, 2.45) is 11.8 Å². The Balaban J connectivity index is 1.46. The summed E-state index contributed by atoms with van der Waals surface area (Å²) in [6.07, 6.45) is 4.22. The molecule has 7 heteroatoms. The normalized spacial score (nSPS) is 18.2. The van der Waals surface area contributed by atoms with E-state index in [9.17, 15) is 14.4 Å². The van der Waals surface area contributed by atoms with Gasteiger partial charge in [-0.25, -0.2) is 4.98 Å². The molecule has 2 aliphatic heterocycles. The second-order valence-electron chi connectivity index (χ2n) is 6.90. The van der Waals surface area contributed by atoms with E-state index in [0.717, 1.165) is 5.56 Å². The second kappa shape index (κ2) is 7.68. The molecule has 2 fully saturated rings. The lowest BCUT2D eigenvalue weighted by atomic mass is 9.92. The summed E-state index contributed by atoms with van der Waals surface area (Å²) in [5, 5.41) is 2.89. The van der Waals surface area contributed by atoms with Crippen molar-refractivity contribution in [1.82, 2.24) is 14.8 Å². The first-order valence-corrected chi connectivity index (χ1v) is 8.92. The van der Waals surface area contributed by atoms with Crippen LogP contribution in [0.3, 0.4) is 0 Å². The molecule has 0 aromatic carbocycles. The lowest BCUT2D eigenvalue weighted by molar-refractivity contribution is -0.148. The fourth-order valence-electron chi connectivity index (χ4n) is 3.40. The van der Waals surface area contributed by atoms with Crippen LogP contribution >= 0.6 is 0 Å². The molecule has 0 atom stereocenters. The number of aryl methyl sites for hydroxylation is 1. The maximum atomic E-state index is 12.5. The topological polar surface area (TPSA) is 82.6 Å². The zero-order chi connectivity index (χ0) is 18.7. The van der Waals surface area contributed by atoms with Crippen molar-refractivity contribution in [2.45, 2.75) is 19.8 Å². The molecule has 1 aromatic rings. The lowest BCUT2D eigenvalue weighted by Crippen LogP contribution is -2.57. The fourth-order valence-corrected chi connectivity index (χ4v) is 3.40. The van der Waals surface area contributed by atoms with E-state index in [2.05, 4.69) is 16.9 Å². The van der Waals surface area contributed by atoms with Crippen molar-refractivity contribution >= 4 is 23.5 Å². The number of piperidine rings is 1. The highest BCUT2D eigenvalue weighted by atomic mass is 16.2. The van der Waals surface area contributed by atoms with E-state index in [4.69, 9.17) is 0 Å². The minimum Gasteiger partial charge on any atom is -0.342 e. The van der Waals surface area contributed by atoms with Gasteiger partial charge < -0.3 is 15.1 Å². The fraction of sp³-hybridized carbons (Fsp3) is 0.474. The zero-order valence-electron chi connectivity index (χ0n) is 15.0. The summed E-state index contributed by atoms with van der Waals surface area (Å²) < 4.78 is 0. The van der Waals surface area contributed by atoms with Crippen LogP contribution < -0.4 is 5.32 Å². The molecule has 138 valence electrons. The van der Waals surface area contributed by atoms with E-state index in [0.29, 0.717) is 44.8 Å². The number of carbonyl (C=O) groups is 3. The molecule has 3 amide bonds. The summed E-state index contributed by atoms with van der Waals surface area (Å²) in [5.41, 5.74) is 0.928.